The van der Waals surface area contributed by atoms with E-state index in [0.29, 0.717) is 5.82 Å². The molecule has 3 aromatic rings. The molecule has 0 saturated carbocycles. The van der Waals surface area contributed by atoms with Crippen LogP contribution in [0.25, 0.3) is 22.4 Å². The van der Waals surface area contributed by atoms with Crippen LogP contribution < -0.4 is 0 Å². The van der Waals surface area contributed by atoms with Crippen molar-refractivity contribution in [2.24, 2.45) is 0 Å². The summed E-state index contributed by atoms with van der Waals surface area (Å²) in [5.74, 6) is 0.405. The second kappa shape index (κ2) is 4.78. The van der Waals surface area contributed by atoms with Gasteiger partial charge in [-0.05, 0) is 42.3 Å². The number of nitrogens with one attached hydrogen (secondary N) is 1. The fraction of sp³-hybridized carbons (Fsp3) is 0.133. The molecule has 0 fully saturated rings. The molecule has 1 heterocycles. The highest BCUT2D eigenvalue weighted by molar-refractivity contribution is 9.10. The molecule has 96 valence electrons. The van der Waals surface area contributed by atoms with Gasteiger partial charge in [0.2, 0.25) is 0 Å². The van der Waals surface area contributed by atoms with Gasteiger partial charge in [-0.2, -0.15) is 0 Å². The number of halogens is 2. The molecular weight excluding hydrogens is 307 g/mol. The molecule has 0 amide bonds. The number of H-pyrrole nitrogens is 1. The molecule has 4 heteroatoms. The minimum Gasteiger partial charge on any atom is -0.338 e. The summed E-state index contributed by atoms with van der Waals surface area (Å²) in [6, 6.07) is 10.7. The Balaban J connectivity index is 2.17. The van der Waals surface area contributed by atoms with Crippen molar-refractivity contribution in [3.05, 3.63) is 52.3 Å². The van der Waals surface area contributed by atoms with Gasteiger partial charge in [-0.3, -0.25) is 0 Å². The molecule has 1 aromatic heterocycles. The maximum atomic E-state index is 13.3. The van der Waals surface area contributed by atoms with Crippen molar-refractivity contribution in [3.63, 3.8) is 0 Å². The predicted octanol–water partition coefficient (Wildman–Crippen LogP) is 4.69. The zero-order valence-corrected chi connectivity index (χ0v) is 12.0. The first kappa shape index (κ1) is 12.4. The molecule has 0 bridgehead atoms. The Morgan fingerprint density at radius 1 is 1.21 bits per heavy atom. The molecule has 0 unspecified atom stereocenters. The van der Waals surface area contributed by atoms with Crippen molar-refractivity contribution >= 4 is 27.0 Å². The second-order valence-electron chi connectivity index (χ2n) is 4.41. The molecule has 0 spiro atoms. The molecule has 2 aromatic carbocycles. The SMILES string of the molecule is CCc1ccc2nc(-c3cc(F)ccc3Br)[nH]c2c1. The Labute approximate surface area is 118 Å². The van der Waals surface area contributed by atoms with Gasteiger partial charge in [0, 0.05) is 10.0 Å². The Morgan fingerprint density at radius 2 is 2.05 bits per heavy atom. The van der Waals surface area contributed by atoms with E-state index in [1.54, 1.807) is 6.07 Å². The molecule has 3 rings (SSSR count). The van der Waals surface area contributed by atoms with Crippen molar-refractivity contribution in [1.82, 2.24) is 9.97 Å². The monoisotopic (exact) mass is 318 g/mol. The standard InChI is InChI=1S/C15H12BrFN2/c1-2-9-3-6-13-14(7-9)19-15(18-13)11-8-10(17)4-5-12(11)16/h3-8H,2H2,1H3,(H,18,19). The normalized spacial score (nSPS) is 11.1. The van der Waals surface area contributed by atoms with Crippen molar-refractivity contribution in [3.8, 4) is 11.4 Å². The molecule has 1 N–H and O–H groups in total. The van der Waals surface area contributed by atoms with Crippen molar-refractivity contribution in [2.45, 2.75) is 13.3 Å². The number of aryl methyl sites for hydroxylation is 1. The Bertz CT molecular complexity index is 749. The van der Waals surface area contributed by atoms with Crippen LogP contribution in [0.15, 0.2) is 40.9 Å². The van der Waals surface area contributed by atoms with Crippen molar-refractivity contribution < 1.29 is 4.39 Å². The van der Waals surface area contributed by atoms with Crippen LogP contribution in [0.5, 0.6) is 0 Å². The summed E-state index contributed by atoms with van der Waals surface area (Å²) in [6.45, 7) is 2.11. The van der Waals surface area contributed by atoms with Gasteiger partial charge in [-0.1, -0.05) is 28.9 Å². The van der Waals surface area contributed by atoms with Gasteiger partial charge < -0.3 is 4.98 Å². The Kier molecular flexibility index (Phi) is 3.11. The fourth-order valence-corrected chi connectivity index (χ4v) is 2.52. The van der Waals surface area contributed by atoms with E-state index in [9.17, 15) is 4.39 Å². The van der Waals surface area contributed by atoms with Crippen LogP contribution in [0.1, 0.15) is 12.5 Å². The fourth-order valence-electron chi connectivity index (χ4n) is 2.08. The number of aromatic nitrogens is 2. The second-order valence-corrected chi connectivity index (χ2v) is 5.27. The number of imidazole rings is 1. The van der Waals surface area contributed by atoms with E-state index in [0.717, 1.165) is 27.5 Å². The summed E-state index contributed by atoms with van der Waals surface area (Å²) in [4.78, 5) is 7.75. The van der Waals surface area contributed by atoms with E-state index in [1.165, 1.54) is 17.7 Å². The molecule has 19 heavy (non-hydrogen) atoms. The van der Waals surface area contributed by atoms with Gasteiger partial charge in [0.15, 0.2) is 0 Å². The van der Waals surface area contributed by atoms with Crippen molar-refractivity contribution in [2.75, 3.05) is 0 Å². The lowest BCUT2D eigenvalue weighted by molar-refractivity contribution is 0.628. The third kappa shape index (κ3) is 2.28. The van der Waals surface area contributed by atoms with Crippen LogP contribution in [-0.4, -0.2) is 9.97 Å². The third-order valence-electron chi connectivity index (χ3n) is 3.14. The predicted molar refractivity (Wildman–Crippen MR) is 78.6 cm³/mol. The minimum absolute atomic E-state index is 0.270. The molecule has 0 atom stereocenters. The van der Waals surface area contributed by atoms with E-state index in [1.807, 2.05) is 6.07 Å². The highest BCUT2D eigenvalue weighted by Crippen LogP contribution is 2.28. The molecule has 0 aliphatic carbocycles. The van der Waals surface area contributed by atoms with Crippen molar-refractivity contribution in [1.29, 1.82) is 0 Å². The lowest BCUT2D eigenvalue weighted by Gasteiger charge is -2.00. The van der Waals surface area contributed by atoms with Gasteiger partial charge in [-0.25, -0.2) is 9.37 Å². The number of fused-ring (bicyclic) bond motifs is 1. The van der Waals surface area contributed by atoms with E-state index in [4.69, 9.17) is 0 Å². The lowest BCUT2D eigenvalue weighted by atomic mass is 10.1. The number of aromatic amines is 1. The van der Waals surface area contributed by atoms with Gasteiger partial charge in [0.25, 0.3) is 0 Å². The van der Waals surface area contributed by atoms with Crippen LogP contribution in [0.2, 0.25) is 0 Å². The highest BCUT2D eigenvalue weighted by Gasteiger charge is 2.10. The van der Waals surface area contributed by atoms with Gasteiger partial charge in [0.1, 0.15) is 11.6 Å². The minimum atomic E-state index is -0.270. The van der Waals surface area contributed by atoms with E-state index in [-0.39, 0.29) is 5.82 Å². The summed E-state index contributed by atoms with van der Waals surface area (Å²) >= 11 is 3.43. The smallest absolute Gasteiger partial charge is 0.139 e. The Morgan fingerprint density at radius 3 is 2.84 bits per heavy atom. The largest absolute Gasteiger partial charge is 0.338 e. The summed E-state index contributed by atoms with van der Waals surface area (Å²) in [6.07, 6.45) is 0.980. The molecular formula is C15H12BrFN2. The molecule has 0 radical (unpaired) electrons. The Hall–Kier alpha value is -1.68. The maximum Gasteiger partial charge on any atom is 0.139 e. The average Bonchev–Trinajstić information content (AvgIpc) is 2.83. The quantitative estimate of drug-likeness (QED) is 0.729. The van der Waals surface area contributed by atoms with Crippen LogP contribution in [0.4, 0.5) is 4.39 Å². The first-order chi connectivity index (χ1) is 9.17. The summed E-state index contributed by atoms with van der Waals surface area (Å²) in [5.41, 5.74) is 3.85. The van der Waals surface area contributed by atoms with Gasteiger partial charge in [0.05, 0.1) is 11.0 Å². The molecule has 0 aliphatic rings. The summed E-state index contributed by atoms with van der Waals surface area (Å²) < 4.78 is 14.2. The summed E-state index contributed by atoms with van der Waals surface area (Å²) in [7, 11) is 0. The number of nitrogens with zero attached hydrogens (tertiary/aromatic N) is 1. The highest BCUT2D eigenvalue weighted by atomic mass is 79.9. The zero-order valence-electron chi connectivity index (χ0n) is 10.4. The van der Waals surface area contributed by atoms with Gasteiger partial charge >= 0.3 is 0 Å². The number of hydrogen-bond acceptors (Lipinski definition) is 1. The van der Waals surface area contributed by atoms with Crippen LogP contribution in [0.3, 0.4) is 0 Å². The first-order valence-corrected chi connectivity index (χ1v) is 6.90. The van der Waals surface area contributed by atoms with E-state index < -0.39 is 0 Å². The number of hydrogen-bond donors (Lipinski definition) is 1. The number of rotatable bonds is 2. The van der Waals surface area contributed by atoms with Gasteiger partial charge in [-0.15, -0.1) is 0 Å². The zero-order chi connectivity index (χ0) is 13.4. The topological polar surface area (TPSA) is 28.7 Å². The third-order valence-corrected chi connectivity index (χ3v) is 3.83. The van der Waals surface area contributed by atoms with E-state index in [2.05, 4.69) is 45.0 Å². The molecule has 0 saturated heterocycles. The average molecular weight is 319 g/mol. The van der Waals surface area contributed by atoms with E-state index >= 15 is 0 Å². The lowest BCUT2D eigenvalue weighted by Crippen LogP contribution is -1.84. The molecule has 2 nitrogen and oxygen atoms in total. The number of benzene rings is 2. The first-order valence-electron chi connectivity index (χ1n) is 6.11. The van der Waals surface area contributed by atoms with Crippen LogP contribution in [0, 0.1) is 5.82 Å². The molecule has 0 aliphatic heterocycles. The van der Waals surface area contributed by atoms with Crippen LogP contribution >= 0.6 is 15.9 Å². The summed E-state index contributed by atoms with van der Waals surface area (Å²) in [5, 5.41) is 0. The maximum absolute atomic E-state index is 13.3. The van der Waals surface area contributed by atoms with Crippen LogP contribution in [-0.2, 0) is 6.42 Å².